The molecular weight excluding hydrogens is 731 g/mol. The number of fused-ring (bicyclic) bond motifs is 6. The molecular formula is C55H41N5. The van der Waals surface area contributed by atoms with Crippen LogP contribution in [0.4, 0.5) is 0 Å². The Labute approximate surface area is 348 Å². The van der Waals surface area contributed by atoms with Gasteiger partial charge in [0.25, 0.3) is 0 Å². The summed E-state index contributed by atoms with van der Waals surface area (Å²) < 4.78 is 4.58. The Kier molecular flexibility index (Phi) is 8.85. The second-order valence-electron chi connectivity index (χ2n) is 15.5. The summed E-state index contributed by atoms with van der Waals surface area (Å²) in [6, 6.07) is 69.1. The minimum atomic E-state index is 0.572. The highest BCUT2D eigenvalue weighted by Crippen LogP contribution is 2.40. The number of aryl methyl sites for hydroxylation is 1. The van der Waals surface area contributed by atoms with Gasteiger partial charge in [0.05, 0.1) is 22.1 Å². The molecule has 60 heavy (non-hydrogen) atoms. The fourth-order valence-corrected chi connectivity index (χ4v) is 8.79. The Bertz CT molecular complexity index is 3340. The number of para-hydroxylation sites is 3. The standard InChI is InChI=1S/C55H41N5/c1-2-3-16-37-17-14-20-41(33-37)38-29-31-39(32-30-38)42-21-15-22-43(34-42)54-56-53(40-18-6-4-7-19-40)57-55(58-54)60-50-28-13-11-26-46(50)48-35-47-45-25-10-12-27-49(45)59(51(47)36-52(48)60)44-23-8-5-9-24-44/h4-15,17-36H,2-3,16H2,1H3. The number of benzene rings is 8. The SMILES string of the molecule is CCCCc1cccc(-c2ccc(-c3cccc(-c4nc(-c5ccccc5)nc(-n5c6ccccc6c6cc7c8ccccc8n(-c8ccccc8)c7cc65)n4)c3)cc2)c1. The maximum atomic E-state index is 5.33. The van der Waals surface area contributed by atoms with Crippen molar-refractivity contribution >= 4 is 43.6 Å². The monoisotopic (exact) mass is 771 g/mol. The second-order valence-corrected chi connectivity index (χ2v) is 15.5. The van der Waals surface area contributed by atoms with Gasteiger partial charge < -0.3 is 4.57 Å². The molecule has 0 saturated heterocycles. The smallest absolute Gasteiger partial charge is 0.238 e. The zero-order chi connectivity index (χ0) is 40.0. The first-order valence-corrected chi connectivity index (χ1v) is 20.8. The minimum Gasteiger partial charge on any atom is -0.309 e. The lowest BCUT2D eigenvalue weighted by molar-refractivity contribution is 0.795. The topological polar surface area (TPSA) is 48.5 Å². The maximum Gasteiger partial charge on any atom is 0.238 e. The van der Waals surface area contributed by atoms with E-state index in [4.69, 9.17) is 15.0 Å². The van der Waals surface area contributed by atoms with Crippen molar-refractivity contribution in [3.8, 4) is 56.7 Å². The molecule has 5 heteroatoms. The van der Waals surface area contributed by atoms with Gasteiger partial charge in [-0.2, -0.15) is 9.97 Å². The van der Waals surface area contributed by atoms with E-state index in [2.05, 4.69) is 192 Å². The molecule has 0 saturated carbocycles. The third-order valence-corrected chi connectivity index (χ3v) is 11.8. The lowest BCUT2D eigenvalue weighted by Crippen LogP contribution is -2.06. The number of aromatic nitrogens is 5. The van der Waals surface area contributed by atoms with E-state index in [9.17, 15) is 0 Å². The molecule has 0 bridgehead atoms. The third kappa shape index (κ3) is 6.23. The molecule has 3 aromatic heterocycles. The van der Waals surface area contributed by atoms with E-state index < -0.39 is 0 Å². The molecule has 0 aliphatic rings. The van der Waals surface area contributed by atoms with Crippen molar-refractivity contribution in [2.75, 3.05) is 0 Å². The largest absolute Gasteiger partial charge is 0.309 e. The molecule has 0 unspecified atom stereocenters. The first-order valence-electron chi connectivity index (χ1n) is 20.8. The predicted octanol–water partition coefficient (Wildman–Crippen LogP) is 14.1. The molecule has 0 atom stereocenters. The second kappa shape index (κ2) is 14.9. The first-order chi connectivity index (χ1) is 29.7. The molecule has 286 valence electrons. The summed E-state index contributed by atoms with van der Waals surface area (Å²) in [6.45, 7) is 2.24. The fraction of sp³-hybridized carbons (Fsp3) is 0.0727. The summed E-state index contributed by atoms with van der Waals surface area (Å²) in [6.07, 6.45) is 3.51. The molecule has 0 fully saturated rings. The average Bonchev–Trinajstić information content (AvgIpc) is 3.82. The van der Waals surface area contributed by atoms with Crippen LogP contribution < -0.4 is 0 Å². The van der Waals surface area contributed by atoms with Crippen LogP contribution in [0.3, 0.4) is 0 Å². The van der Waals surface area contributed by atoms with E-state index in [1.807, 2.05) is 18.2 Å². The van der Waals surface area contributed by atoms with Crippen molar-refractivity contribution in [3.05, 3.63) is 200 Å². The normalized spacial score (nSPS) is 11.6. The van der Waals surface area contributed by atoms with Crippen molar-refractivity contribution in [1.82, 2.24) is 24.1 Å². The molecule has 3 heterocycles. The average molecular weight is 772 g/mol. The van der Waals surface area contributed by atoms with Crippen LogP contribution in [0.15, 0.2) is 194 Å². The van der Waals surface area contributed by atoms with E-state index in [-0.39, 0.29) is 0 Å². The van der Waals surface area contributed by atoms with Gasteiger partial charge in [-0.3, -0.25) is 4.57 Å². The Morgan fingerprint density at radius 1 is 0.367 bits per heavy atom. The van der Waals surface area contributed by atoms with E-state index in [1.54, 1.807) is 0 Å². The van der Waals surface area contributed by atoms with Crippen molar-refractivity contribution in [3.63, 3.8) is 0 Å². The van der Waals surface area contributed by atoms with Gasteiger partial charge in [-0.1, -0.05) is 165 Å². The van der Waals surface area contributed by atoms with E-state index in [0.29, 0.717) is 17.6 Å². The first kappa shape index (κ1) is 35.5. The van der Waals surface area contributed by atoms with E-state index in [1.165, 1.54) is 45.8 Å². The molecule has 0 aliphatic heterocycles. The van der Waals surface area contributed by atoms with Gasteiger partial charge in [-0.05, 0) is 83.1 Å². The number of unbranched alkanes of at least 4 members (excludes halogenated alkanes) is 1. The molecule has 0 spiro atoms. The Balaban J connectivity index is 1.08. The number of hydrogen-bond donors (Lipinski definition) is 0. The van der Waals surface area contributed by atoms with Crippen LogP contribution >= 0.6 is 0 Å². The molecule has 11 rings (SSSR count). The van der Waals surface area contributed by atoms with Crippen LogP contribution in [-0.4, -0.2) is 24.1 Å². The molecule has 0 amide bonds. The van der Waals surface area contributed by atoms with Gasteiger partial charge in [0.15, 0.2) is 11.6 Å². The van der Waals surface area contributed by atoms with Crippen molar-refractivity contribution in [1.29, 1.82) is 0 Å². The molecule has 5 nitrogen and oxygen atoms in total. The lowest BCUT2D eigenvalue weighted by atomic mass is 9.97. The van der Waals surface area contributed by atoms with E-state index >= 15 is 0 Å². The summed E-state index contributed by atoms with van der Waals surface area (Å²) in [5.41, 5.74) is 13.4. The van der Waals surface area contributed by atoms with Crippen LogP contribution in [-0.2, 0) is 6.42 Å². The van der Waals surface area contributed by atoms with Crippen LogP contribution in [0, 0.1) is 0 Å². The van der Waals surface area contributed by atoms with Gasteiger partial charge in [0.1, 0.15) is 0 Å². The van der Waals surface area contributed by atoms with Crippen molar-refractivity contribution in [2.24, 2.45) is 0 Å². The van der Waals surface area contributed by atoms with Gasteiger partial charge in [0, 0.05) is 38.4 Å². The summed E-state index contributed by atoms with van der Waals surface area (Å²) in [5.74, 6) is 1.81. The third-order valence-electron chi connectivity index (χ3n) is 11.8. The summed E-state index contributed by atoms with van der Waals surface area (Å²) in [4.78, 5) is 15.7. The molecule has 0 radical (unpaired) electrons. The van der Waals surface area contributed by atoms with Gasteiger partial charge in [-0.25, -0.2) is 4.98 Å². The number of rotatable bonds is 9. The lowest BCUT2D eigenvalue weighted by Gasteiger charge is -2.12. The zero-order valence-corrected chi connectivity index (χ0v) is 33.3. The fourth-order valence-electron chi connectivity index (χ4n) is 8.79. The summed E-state index contributed by atoms with van der Waals surface area (Å²) in [5, 5.41) is 4.72. The molecule has 0 aliphatic carbocycles. The Morgan fingerprint density at radius 3 is 1.58 bits per heavy atom. The van der Waals surface area contributed by atoms with Crippen LogP contribution in [0.2, 0.25) is 0 Å². The van der Waals surface area contributed by atoms with Crippen molar-refractivity contribution < 1.29 is 0 Å². The number of hydrogen-bond acceptors (Lipinski definition) is 3. The predicted molar refractivity (Wildman–Crippen MR) is 249 cm³/mol. The highest BCUT2D eigenvalue weighted by Gasteiger charge is 2.21. The Morgan fingerprint density at radius 2 is 0.900 bits per heavy atom. The maximum absolute atomic E-state index is 5.33. The van der Waals surface area contributed by atoms with E-state index in [0.717, 1.165) is 61.7 Å². The highest BCUT2D eigenvalue weighted by atomic mass is 15.2. The summed E-state index contributed by atoms with van der Waals surface area (Å²) in [7, 11) is 0. The Hall–Kier alpha value is -7.63. The van der Waals surface area contributed by atoms with Gasteiger partial charge >= 0.3 is 0 Å². The van der Waals surface area contributed by atoms with Crippen LogP contribution in [0.25, 0.3) is 100 Å². The molecule has 8 aromatic carbocycles. The molecule has 0 N–H and O–H groups in total. The summed E-state index contributed by atoms with van der Waals surface area (Å²) >= 11 is 0. The van der Waals surface area contributed by atoms with Crippen LogP contribution in [0.5, 0.6) is 0 Å². The zero-order valence-electron chi connectivity index (χ0n) is 33.3. The van der Waals surface area contributed by atoms with Gasteiger partial charge in [0.2, 0.25) is 5.95 Å². The minimum absolute atomic E-state index is 0.572. The molecule has 11 aromatic rings. The van der Waals surface area contributed by atoms with Gasteiger partial charge in [-0.15, -0.1) is 0 Å². The van der Waals surface area contributed by atoms with Crippen LogP contribution in [0.1, 0.15) is 25.3 Å². The quantitative estimate of drug-likeness (QED) is 0.147. The highest BCUT2D eigenvalue weighted by molar-refractivity contribution is 6.19. The van der Waals surface area contributed by atoms with Crippen molar-refractivity contribution in [2.45, 2.75) is 26.2 Å². The number of nitrogens with zero attached hydrogens (tertiary/aromatic N) is 5.